The molecule has 57 heavy (non-hydrogen) atoms. The van der Waals surface area contributed by atoms with E-state index in [9.17, 15) is 0 Å². The quantitative estimate of drug-likeness (QED) is 0.131. The molecular formula is C54H31BO2. The van der Waals surface area contributed by atoms with Gasteiger partial charge in [-0.25, -0.2) is 0 Å². The predicted octanol–water partition coefficient (Wildman–Crippen LogP) is 12.7. The van der Waals surface area contributed by atoms with Crippen LogP contribution in [0, 0.1) is 0 Å². The number of ether oxygens (including phenoxy) is 2. The van der Waals surface area contributed by atoms with Gasteiger partial charge in [0, 0.05) is 27.7 Å². The number of rotatable bonds is 2. The molecule has 0 bridgehead atoms. The summed E-state index contributed by atoms with van der Waals surface area (Å²) < 4.78 is 14.6. The lowest BCUT2D eigenvalue weighted by Gasteiger charge is -2.36. The molecule has 0 saturated carbocycles. The predicted molar refractivity (Wildman–Crippen MR) is 240 cm³/mol. The van der Waals surface area contributed by atoms with Crippen LogP contribution in [0.4, 0.5) is 0 Å². The molecule has 0 aromatic heterocycles. The lowest BCUT2D eigenvalue weighted by Crippen LogP contribution is -2.58. The van der Waals surface area contributed by atoms with Crippen molar-refractivity contribution in [3.8, 4) is 45.3 Å². The van der Waals surface area contributed by atoms with E-state index in [-0.39, 0.29) is 6.71 Å². The average Bonchev–Trinajstić information content (AvgIpc) is 3.26. The summed E-state index contributed by atoms with van der Waals surface area (Å²) in [6.07, 6.45) is 0. The van der Waals surface area contributed by atoms with Gasteiger partial charge >= 0.3 is 0 Å². The van der Waals surface area contributed by atoms with E-state index in [0.29, 0.717) is 0 Å². The highest BCUT2D eigenvalue weighted by Crippen LogP contribution is 2.49. The zero-order valence-electron chi connectivity index (χ0n) is 30.8. The van der Waals surface area contributed by atoms with Gasteiger partial charge in [0.1, 0.15) is 23.0 Å². The minimum absolute atomic E-state index is 0.166. The summed E-state index contributed by atoms with van der Waals surface area (Å²) in [6, 6.07) is 68.4. The topological polar surface area (TPSA) is 18.5 Å². The first-order valence-electron chi connectivity index (χ1n) is 19.7. The van der Waals surface area contributed by atoms with Crippen molar-refractivity contribution in [1.82, 2.24) is 0 Å². The fourth-order valence-electron chi connectivity index (χ4n) is 10.1. The van der Waals surface area contributed by atoms with Crippen LogP contribution in [0.5, 0.6) is 23.0 Å². The van der Waals surface area contributed by atoms with E-state index in [4.69, 9.17) is 9.47 Å². The van der Waals surface area contributed by atoms with E-state index in [2.05, 4.69) is 188 Å². The Hall–Kier alpha value is -7.36. The molecule has 0 fully saturated rings. The van der Waals surface area contributed by atoms with Gasteiger partial charge in [0.05, 0.1) is 0 Å². The Morgan fingerprint density at radius 3 is 0.965 bits per heavy atom. The van der Waals surface area contributed by atoms with Crippen LogP contribution in [0.25, 0.3) is 86.9 Å². The zero-order chi connectivity index (χ0) is 37.2. The first-order valence-corrected chi connectivity index (χ1v) is 19.7. The molecule has 2 heterocycles. The Labute approximate surface area is 329 Å². The fourth-order valence-corrected chi connectivity index (χ4v) is 10.1. The summed E-state index contributed by atoms with van der Waals surface area (Å²) in [5, 5.41) is 14.4. The van der Waals surface area contributed by atoms with Crippen LogP contribution in [0.2, 0.25) is 0 Å². The van der Waals surface area contributed by atoms with Crippen molar-refractivity contribution in [2.45, 2.75) is 0 Å². The van der Waals surface area contributed by atoms with E-state index in [1.54, 1.807) is 0 Å². The van der Waals surface area contributed by atoms with E-state index >= 15 is 0 Å². The number of benzene rings is 11. The summed E-state index contributed by atoms with van der Waals surface area (Å²) >= 11 is 0. The van der Waals surface area contributed by atoms with Crippen LogP contribution in [-0.2, 0) is 0 Å². The van der Waals surface area contributed by atoms with Crippen LogP contribution in [-0.4, -0.2) is 6.71 Å². The Kier molecular flexibility index (Phi) is 6.28. The number of fused-ring (bicyclic) bond motifs is 12. The van der Waals surface area contributed by atoms with Crippen molar-refractivity contribution in [3.05, 3.63) is 188 Å². The maximum atomic E-state index is 7.29. The summed E-state index contributed by atoms with van der Waals surface area (Å²) in [7, 11) is 0. The monoisotopic (exact) mass is 722 g/mol. The molecule has 13 rings (SSSR count). The first-order chi connectivity index (χ1) is 28.3. The zero-order valence-corrected chi connectivity index (χ0v) is 30.8. The van der Waals surface area contributed by atoms with Gasteiger partial charge in [0.15, 0.2) is 0 Å². The molecule has 2 aliphatic heterocycles. The minimum Gasteiger partial charge on any atom is -0.458 e. The van der Waals surface area contributed by atoms with Gasteiger partial charge in [0.2, 0.25) is 0 Å². The minimum atomic E-state index is -0.166. The highest BCUT2D eigenvalue weighted by molar-refractivity contribution is 7.01. The van der Waals surface area contributed by atoms with Crippen molar-refractivity contribution in [2.24, 2.45) is 0 Å². The van der Waals surface area contributed by atoms with Crippen LogP contribution >= 0.6 is 0 Å². The molecular weight excluding hydrogens is 691 g/mol. The molecule has 0 spiro atoms. The molecule has 0 aliphatic carbocycles. The van der Waals surface area contributed by atoms with Crippen LogP contribution in [0.3, 0.4) is 0 Å². The summed E-state index contributed by atoms with van der Waals surface area (Å²) in [6.45, 7) is -0.166. The second-order valence-electron chi connectivity index (χ2n) is 15.5. The van der Waals surface area contributed by atoms with Gasteiger partial charge in [-0.2, -0.15) is 0 Å². The molecule has 11 aromatic carbocycles. The van der Waals surface area contributed by atoms with Gasteiger partial charge in [-0.3, -0.25) is 0 Å². The van der Waals surface area contributed by atoms with Gasteiger partial charge in [-0.15, -0.1) is 0 Å². The lowest BCUT2D eigenvalue weighted by molar-refractivity contribution is 0.467. The van der Waals surface area contributed by atoms with Gasteiger partial charge in [-0.1, -0.05) is 152 Å². The lowest BCUT2D eigenvalue weighted by atomic mass is 9.33. The van der Waals surface area contributed by atoms with Gasteiger partial charge in [0.25, 0.3) is 6.71 Å². The highest BCUT2D eigenvalue weighted by atomic mass is 16.5. The van der Waals surface area contributed by atoms with E-state index in [1.165, 1.54) is 86.7 Å². The van der Waals surface area contributed by atoms with Gasteiger partial charge in [-0.05, 0) is 112 Å². The third kappa shape index (κ3) is 4.31. The molecule has 2 nitrogen and oxygen atoms in total. The molecule has 0 N–H and O–H groups in total. The van der Waals surface area contributed by atoms with E-state index < -0.39 is 0 Å². The Bertz CT molecular complexity index is 3210. The maximum absolute atomic E-state index is 7.29. The van der Waals surface area contributed by atoms with Crippen molar-refractivity contribution in [1.29, 1.82) is 0 Å². The summed E-state index contributed by atoms with van der Waals surface area (Å²) in [5.41, 5.74) is 8.01. The van der Waals surface area contributed by atoms with Gasteiger partial charge < -0.3 is 9.47 Å². The Morgan fingerprint density at radius 2 is 0.596 bits per heavy atom. The second kappa shape index (κ2) is 11.6. The van der Waals surface area contributed by atoms with E-state index in [0.717, 1.165) is 39.6 Å². The molecule has 262 valence electrons. The normalized spacial score (nSPS) is 12.8. The van der Waals surface area contributed by atoms with Crippen LogP contribution < -0.4 is 25.9 Å². The molecule has 0 saturated heterocycles. The first kappa shape index (κ1) is 30.9. The largest absolute Gasteiger partial charge is 0.458 e. The van der Waals surface area contributed by atoms with Crippen LogP contribution in [0.1, 0.15) is 0 Å². The third-order valence-electron chi connectivity index (χ3n) is 12.5. The fraction of sp³-hybridized carbons (Fsp3) is 0. The smallest absolute Gasteiger partial charge is 0.262 e. The van der Waals surface area contributed by atoms with Crippen molar-refractivity contribution >= 4 is 87.7 Å². The number of hydrogen-bond acceptors (Lipinski definition) is 2. The second-order valence-corrected chi connectivity index (χ2v) is 15.5. The third-order valence-corrected chi connectivity index (χ3v) is 12.5. The van der Waals surface area contributed by atoms with Crippen molar-refractivity contribution < 1.29 is 9.47 Å². The Balaban J connectivity index is 1.21. The highest BCUT2D eigenvalue weighted by Gasteiger charge is 2.44. The summed E-state index contributed by atoms with van der Waals surface area (Å²) in [4.78, 5) is 0. The van der Waals surface area contributed by atoms with Crippen molar-refractivity contribution in [3.63, 3.8) is 0 Å². The molecule has 0 amide bonds. The molecule has 0 radical (unpaired) electrons. The molecule has 0 atom stereocenters. The molecule has 0 unspecified atom stereocenters. The molecule has 2 aliphatic rings. The standard InChI is InChI=1S/C54H31BO2/c1-7-20-38-32(14-1)28-33-15-2-8-21-39(33)48(38)44-30-36-18-5-11-24-42(36)50-53(44)56-46-26-13-27-47-52(46)55(50)51-43-25-12-6-19-37(43)31-45(54(51)57-47)49-40-22-9-3-16-34(40)29-35-17-4-10-23-41(35)49/h1-31H. The average molecular weight is 723 g/mol. The van der Waals surface area contributed by atoms with Crippen molar-refractivity contribution in [2.75, 3.05) is 0 Å². The summed E-state index contributed by atoms with van der Waals surface area (Å²) in [5.74, 6) is 3.48. The molecule has 11 aromatic rings. The Morgan fingerprint density at radius 1 is 0.281 bits per heavy atom. The number of hydrogen-bond donors (Lipinski definition) is 0. The van der Waals surface area contributed by atoms with Crippen LogP contribution in [0.15, 0.2) is 188 Å². The SMILES string of the molecule is c1cc2c3c(c1)Oc1c(-c4c5ccccc5cc5ccccc45)cc4ccccc4c1B3c1c(c(-c3c4ccccc4cc4ccccc34)cc3ccccc13)O2. The maximum Gasteiger partial charge on any atom is 0.262 e. The van der Waals surface area contributed by atoms with E-state index in [1.807, 2.05) is 0 Å². The molecule has 3 heteroatoms.